The van der Waals surface area contributed by atoms with Gasteiger partial charge in [-0.2, -0.15) is 0 Å². The molecular weight excluding hydrogens is 453 g/mol. The van der Waals surface area contributed by atoms with E-state index in [-0.39, 0.29) is 17.0 Å². The van der Waals surface area contributed by atoms with Crippen molar-refractivity contribution in [1.82, 2.24) is 9.88 Å². The predicted octanol–water partition coefficient (Wildman–Crippen LogP) is 4.26. The first-order valence-corrected chi connectivity index (χ1v) is 11.7. The molecule has 1 N–H and O–H groups in total. The summed E-state index contributed by atoms with van der Waals surface area (Å²) in [7, 11) is -4.69. The van der Waals surface area contributed by atoms with Gasteiger partial charge in [-0.1, -0.05) is 25.4 Å². The Kier molecular flexibility index (Phi) is 6.73. The van der Waals surface area contributed by atoms with E-state index in [9.17, 15) is 17.2 Å². The first-order valence-electron chi connectivity index (χ1n) is 9.84. The molecule has 6 nitrogen and oxygen atoms in total. The molecule has 1 aromatic carbocycles. The summed E-state index contributed by atoms with van der Waals surface area (Å²) in [5, 5.41) is -0.474. The summed E-state index contributed by atoms with van der Waals surface area (Å²) >= 11 is 6.17. The zero-order chi connectivity index (χ0) is 23.0. The lowest BCUT2D eigenvalue weighted by molar-refractivity contribution is 0.137. The summed E-state index contributed by atoms with van der Waals surface area (Å²) in [6.45, 7) is 8.86. The van der Waals surface area contributed by atoms with E-state index in [0.717, 1.165) is 43.9 Å². The minimum atomic E-state index is -4.69. The Balaban J connectivity index is 1.93. The van der Waals surface area contributed by atoms with Crippen molar-refractivity contribution < 1.29 is 21.6 Å². The van der Waals surface area contributed by atoms with Crippen LogP contribution in [0.4, 0.5) is 24.7 Å². The molecular formula is C20H24ClF3N4O2S. The number of aromatic nitrogens is 1. The Labute approximate surface area is 185 Å². The molecule has 1 aliphatic heterocycles. The van der Waals surface area contributed by atoms with Gasteiger partial charge in [0.2, 0.25) is 0 Å². The lowest BCUT2D eigenvalue weighted by Crippen LogP contribution is -2.48. The van der Waals surface area contributed by atoms with Crippen molar-refractivity contribution in [2.75, 3.05) is 35.8 Å². The number of sulfonamides is 1. The van der Waals surface area contributed by atoms with Gasteiger partial charge in [-0.05, 0) is 38.6 Å². The normalized spacial score (nSPS) is 19.3. The fourth-order valence-electron chi connectivity index (χ4n) is 4.06. The smallest absolute Gasteiger partial charge is 0.268 e. The van der Waals surface area contributed by atoms with Crippen LogP contribution in [-0.2, 0) is 10.0 Å². The monoisotopic (exact) mass is 476 g/mol. The molecule has 0 radical (unpaired) electrons. The van der Waals surface area contributed by atoms with Crippen LogP contribution in [0.25, 0.3) is 0 Å². The van der Waals surface area contributed by atoms with E-state index in [1.807, 2.05) is 18.6 Å². The standard InChI is InChI=1S/C20H24ClF3N4O2S/c1-4-28(5-2)20(3)8-9-27(12-20)15-10-14(23)19(18(24)17(15)21)31(29,30)26-16-7-6-13(22)11-25-16/h6-7,10-11H,4-5,8-9,12H2,1-3H3,(H,25,26)/t20-/m1/s1. The molecule has 0 aliphatic carbocycles. The van der Waals surface area contributed by atoms with E-state index in [1.54, 1.807) is 4.90 Å². The maximum absolute atomic E-state index is 15.0. The Morgan fingerprint density at radius 2 is 1.94 bits per heavy atom. The topological polar surface area (TPSA) is 65.5 Å². The number of halogens is 4. The molecule has 0 amide bonds. The van der Waals surface area contributed by atoms with Crippen molar-refractivity contribution >= 4 is 33.1 Å². The predicted molar refractivity (Wildman–Crippen MR) is 115 cm³/mol. The van der Waals surface area contributed by atoms with E-state index in [1.165, 1.54) is 0 Å². The molecule has 0 saturated carbocycles. The molecule has 2 heterocycles. The van der Waals surface area contributed by atoms with Gasteiger partial charge in [0.05, 0.1) is 11.9 Å². The number of likely N-dealkylation sites (N-methyl/N-ethyl adjacent to an activating group) is 1. The summed E-state index contributed by atoms with van der Waals surface area (Å²) in [5.41, 5.74) is -0.0910. The Hall–Kier alpha value is -2.04. The van der Waals surface area contributed by atoms with Gasteiger partial charge in [-0.25, -0.2) is 26.6 Å². The van der Waals surface area contributed by atoms with Gasteiger partial charge in [0.1, 0.15) is 22.5 Å². The number of benzene rings is 1. The van der Waals surface area contributed by atoms with Crippen LogP contribution in [0.1, 0.15) is 27.2 Å². The van der Waals surface area contributed by atoms with Crippen molar-refractivity contribution in [2.24, 2.45) is 0 Å². The van der Waals surface area contributed by atoms with Crippen molar-refractivity contribution in [3.05, 3.63) is 46.9 Å². The van der Waals surface area contributed by atoms with Gasteiger partial charge in [0, 0.05) is 24.7 Å². The van der Waals surface area contributed by atoms with E-state index in [0.29, 0.717) is 13.1 Å². The fraction of sp³-hybridized carbons (Fsp3) is 0.450. The van der Waals surface area contributed by atoms with Crippen molar-refractivity contribution in [2.45, 2.75) is 37.6 Å². The first kappa shape index (κ1) is 23.6. The third kappa shape index (κ3) is 4.61. The van der Waals surface area contributed by atoms with Gasteiger partial charge in [-0.3, -0.25) is 9.62 Å². The molecule has 1 fully saturated rings. The van der Waals surface area contributed by atoms with Crippen LogP contribution in [0.5, 0.6) is 0 Å². The highest BCUT2D eigenvalue weighted by Crippen LogP contribution is 2.39. The first-order chi connectivity index (χ1) is 14.5. The van der Waals surface area contributed by atoms with Gasteiger partial charge in [-0.15, -0.1) is 0 Å². The number of hydrogen-bond acceptors (Lipinski definition) is 5. The molecule has 0 unspecified atom stereocenters. The van der Waals surface area contributed by atoms with Crippen molar-refractivity contribution in [3.8, 4) is 0 Å². The van der Waals surface area contributed by atoms with E-state index in [2.05, 4.69) is 16.8 Å². The van der Waals surface area contributed by atoms with Gasteiger partial charge >= 0.3 is 0 Å². The zero-order valence-electron chi connectivity index (χ0n) is 17.4. The second-order valence-corrected chi connectivity index (χ2v) is 9.64. The summed E-state index contributed by atoms with van der Waals surface area (Å²) < 4.78 is 69.9. The molecule has 2 aromatic rings. The minimum Gasteiger partial charge on any atom is -0.368 e. The average Bonchev–Trinajstić information content (AvgIpc) is 3.09. The highest BCUT2D eigenvalue weighted by molar-refractivity contribution is 7.92. The van der Waals surface area contributed by atoms with E-state index < -0.39 is 37.4 Å². The second-order valence-electron chi connectivity index (χ2n) is 7.64. The molecule has 1 atom stereocenters. The van der Waals surface area contributed by atoms with Crippen LogP contribution in [0.3, 0.4) is 0 Å². The lowest BCUT2D eigenvalue weighted by atomic mass is 9.99. The van der Waals surface area contributed by atoms with Crippen LogP contribution >= 0.6 is 11.6 Å². The van der Waals surface area contributed by atoms with Crippen LogP contribution < -0.4 is 9.62 Å². The Morgan fingerprint density at radius 3 is 2.52 bits per heavy atom. The second kappa shape index (κ2) is 8.84. The molecule has 1 aliphatic rings. The summed E-state index contributed by atoms with van der Waals surface area (Å²) in [6, 6.07) is 2.94. The SMILES string of the molecule is CCN(CC)[C@]1(C)CCN(c2cc(F)c(S(=O)(=O)Nc3ccc(F)cn3)c(F)c2Cl)C1. The van der Waals surface area contributed by atoms with E-state index >= 15 is 4.39 Å². The van der Waals surface area contributed by atoms with Crippen LogP contribution in [0, 0.1) is 17.5 Å². The largest absolute Gasteiger partial charge is 0.368 e. The third-order valence-corrected chi connectivity index (χ3v) is 7.40. The minimum absolute atomic E-state index is 0.103. The fourth-order valence-corrected chi connectivity index (χ4v) is 5.54. The molecule has 11 heteroatoms. The Morgan fingerprint density at radius 1 is 1.26 bits per heavy atom. The molecule has 1 aromatic heterocycles. The molecule has 1 saturated heterocycles. The van der Waals surface area contributed by atoms with Gasteiger partial charge in [0.25, 0.3) is 10.0 Å². The lowest BCUT2D eigenvalue weighted by Gasteiger charge is -2.37. The highest BCUT2D eigenvalue weighted by Gasteiger charge is 2.39. The van der Waals surface area contributed by atoms with Crippen molar-refractivity contribution in [3.63, 3.8) is 0 Å². The number of nitrogens with zero attached hydrogens (tertiary/aromatic N) is 3. The molecule has 3 rings (SSSR count). The number of anilines is 2. The number of nitrogens with one attached hydrogen (secondary N) is 1. The van der Waals surface area contributed by atoms with Crippen LogP contribution in [0.2, 0.25) is 5.02 Å². The highest BCUT2D eigenvalue weighted by atomic mass is 35.5. The van der Waals surface area contributed by atoms with Gasteiger partial charge in [0.15, 0.2) is 10.7 Å². The quantitative estimate of drug-likeness (QED) is 0.605. The molecule has 170 valence electrons. The average molecular weight is 477 g/mol. The third-order valence-electron chi connectivity index (χ3n) is 5.65. The molecule has 0 bridgehead atoms. The zero-order valence-corrected chi connectivity index (χ0v) is 19.0. The molecule has 0 spiro atoms. The summed E-state index contributed by atoms with van der Waals surface area (Å²) in [4.78, 5) is 6.37. The summed E-state index contributed by atoms with van der Waals surface area (Å²) in [5.74, 6) is -3.63. The maximum atomic E-state index is 15.0. The number of rotatable bonds is 7. The van der Waals surface area contributed by atoms with Crippen LogP contribution in [-0.4, -0.2) is 50.0 Å². The van der Waals surface area contributed by atoms with E-state index in [4.69, 9.17) is 11.6 Å². The molecule has 31 heavy (non-hydrogen) atoms. The van der Waals surface area contributed by atoms with Crippen molar-refractivity contribution in [1.29, 1.82) is 0 Å². The number of pyridine rings is 1. The van der Waals surface area contributed by atoms with Gasteiger partial charge < -0.3 is 4.90 Å². The summed E-state index contributed by atoms with van der Waals surface area (Å²) in [6.07, 6.45) is 1.55. The maximum Gasteiger partial charge on any atom is 0.268 e. The van der Waals surface area contributed by atoms with Crippen LogP contribution in [0.15, 0.2) is 29.3 Å². The Bertz CT molecular complexity index is 1070. The number of hydrogen-bond donors (Lipinski definition) is 1.